The molecular formula is C19H19NO4S. The van der Waals surface area contributed by atoms with Gasteiger partial charge in [0.05, 0.1) is 4.90 Å². The number of nitrogens with zero attached hydrogens (tertiary/aromatic N) is 1. The van der Waals surface area contributed by atoms with Gasteiger partial charge in [-0.25, -0.2) is 13.2 Å². The van der Waals surface area contributed by atoms with Crippen LogP contribution in [0.1, 0.15) is 18.1 Å². The fourth-order valence-corrected chi connectivity index (χ4v) is 3.81. The molecule has 3 aromatic rings. The van der Waals surface area contributed by atoms with Gasteiger partial charge in [-0.05, 0) is 41.8 Å². The molecule has 1 aromatic heterocycles. The SMILES string of the molecule is CCc1ccc(CN(C)S(=O)(=O)c2ccc3oc(=O)ccc3c2)cc1. The van der Waals surface area contributed by atoms with Gasteiger partial charge in [-0.15, -0.1) is 0 Å². The van der Waals surface area contributed by atoms with Gasteiger partial charge in [-0.3, -0.25) is 0 Å². The molecular weight excluding hydrogens is 338 g/mol. The predicted molar refractivity (Wildman–Crippen MR) is 97.0 cm³/mol. The Kier molecular flexibility index (Phi) is 4.74. The van der Waals surface area contributed by atoms with Crippen molar-refractivity contribution in [2.24, 2.45) is 0 Å². The van der Waals surface area contributed by atoms with Gasteiger partial charge in [0.1, 0.15) is 5.58 Å². The van der Waals surface area contributed by atoms with E-state index >= 15 is 0 Å². The highest BCUT2D eigenvalue weighted by atomic mass is 32.2. The van der Waals surface area contributed by atoms with Gasteiger partial charge in [0.2, 0.25) is 10.0 Å². The normalized spacial score (nSPS) is 12.0. The molecule has 0 aliphatic heterocycles. The molecule has 1 heterocycles. The molecule has 0 radical (unpaired) electrons. The Morgan fingerprint density at radius 1 is 0.960 bits per heavy atom. The summed E-state index contributed by atoms with van der Waals surface area (Å²) in [6, 6.07) is 15.2. The summed E-state index contributed by atoms with van der Waals surface area (Å²) in [5.74, 6) is 0. The average molecular weight is 357 g/mol. The van der Waals surface area contributed by atoms with Crippen LogP contribution in [0.25, 0.3) is 11.0 Å². The molecule has 2 aromatic carbocycles. The Bertz CT molecular complexity index is 1050. The highest BCUT2D eigenvalue weighted by Crippen LogP contribution is 2.21. The van der Waals surface area contributed by atoms with Crippen LogP contribution in [-0.4, -0.2) is 19.8 Å². The summed E-state index contributed by atoms with van der Waals surface area (Å²) in [6.07, 6.45) is 0.946. The number of hydrogen-bond donors (Lipinski definition) is 0. The van der Waals surface area contributed by atoms with Crippen LogP contribution in [0.3, 0.4) is 0 Å². The van der Waals surface area contributed by atoms with Crippen molar-refractivity contribution in [2.45, 2.75) is 24.8 Å². The third-order valence-corrected chi connectivity index (χ3v) is 5.93. The Labute approximate surface area is 146 Å². The first-order valence-electron chi connectivity index (χ1n) is 7.98. The molecule has 0 spiro atoms. The number of hydrogen-bond acceptors (Lipinski definition) is 4. The lowest BCUT2D eigenvalue weighted by molar-refractivity contribution is 0.466. The van der Waals surface area contributed by atoms with Crippen LogP contribution in [0.2, 0.25) is 0 Å². The molecule has 3 rings (SSSR count). The van der Waals surface area contributed by atoms with Crippen molar-refractivity contribution in [1.82, 2.24) is 4.31 Å². The molecule has 0 bridgehead atoms. The van der Waals surface area contributed by atoms with Crippen molar-refractivity contribution in [2.75, 3.05) is 7.05 Å². The zero-order chi connectivity index (χ0) is 18.0. The van der Waals surface area contributed by atoms with Crippen LogP contribution in [-0.2, 0) is 23.0 Å². The van der Waals surface area contributed by atoms with E-state index in [0.29, 0.717) is 11.0 Å². The van der Waals surface area contributed by atoms with E-state index in [1.807, 2.05) is 24.3 Å². The quantitative estimate of drug-likeness (QED) is 0.658. The smallest absolute Gasteiger partial charge is 0.336 e. The maximum absolute atomic E-state index is 12.8. The van der Waals surface area contributed by atoms with E-state index in [2.05, 4.69) is 6.92 Å². The third kappa shape index (κ3) is 3.65. The minimum absolute atomic E-state index is 0.168. The van der Waals surface area contributed by atoms with Crippen LogP contribution in [0.15, 0.2) is 68.7 Å². The number of fused-ring (bicyclic) bond motifs is 1. The summed E-state index contributed by atoms with van der Waals surface area (Å²) in [4.78, 5) is 11.4. The lowest BCUT2D eigenvalue weighted by Gasteiger charge is -2.17. The molecule has 5 nitrogen and oxygen atoms in total. The van der Waals surface area contributed by atoms with E-state index in [1.54, 1.807) is 13.1 Å². The summed E-state index contributed by atoms with van der Waals surface area (Å²) < 4.78 is 32.0. The summed E-state index contributed by atoms with van der Waals surface area (Å²) in [5, 5.41) is 0.571. The first-order chi connectivity index (χ1) is 11.9. The van der Waals surface area contributed by atoms with Crippen LogP contribution in [0.5, 0.6) is 0 Å². The zero-order valence-corrected chi connectivity index (χ0v) is 14.9. The summed E-state index contributed by atoms with van der Waals surface area (Å²) in [7, 11) is -2.09. The molecule has 0 unspecified atom stereocenters. The molecule has 0 atom stereocenters. The van der Waals surface area contributed by atoms with Gasteiger partial charge in [0.15, 0.2) is 0 Å². The van der Waals surface area contributed by atoms with E-state index < -0.39 is 15.6 Å². The van der Waals surface area contributed by atoms with E-state index in [9.17, 15) is 13.2 Å². The van der Waals surface area contributed by atoms with Crippen molar-refractivity contribution < 1.29 is 12.8 Å². The maximum atomic E-state index is 12.8. The Hall–Kier alpha value is -2.44. The van der Waals surface area contributed by atoms with Crippen molar-refractivity contribution in [1.29, 1.82) is 0 Å². The lowest BCUT2D eigenvalue weighted by atomic mass is 10.1. The second-order valence-corrected chi connectivity index (χ2v) is 7.93. The zero-order valence-electron chi connectivity index (χ0n) is 14.1. The standard InChI is InChI=1S/C19H19NO4S/c1-3-14-4-6-15(7-5-14)13-20(2)25(22,23)17-9-10-18-16(12-17)8-11-19(21)24-18/h4-12H,3,13H2,1-2H3. The van der Waals surface area contributed by atoms with Gasteiger partial charge >= 0.3 is 5.63 Å². The minimum Gasteiger partial charge on any atom is -0.423 e. The van der Waals surface area contributed by atoms with Crippen molar-refractivity contribution in [3.8, 4) is 0 Å². The van der Waals surface area contributed by atoms with Gasteiger partial charge < -0.3 is 4.42 Å². The molecule has 130 valence electrons. The lowest BCUT2D eigenvalue weighted by Crippen LogP contribution is -2.26. The van der Waals surface area contributed by atoms with Crippen molar-refractivity contribution in [3.63, 3.8) is 0 Å². The molecule has 0 saturated heterocycles. The van der Waals surface area contributed by atoms with Crippen LogP contribution >= 0.6 is 0 Å². The largest absolute Gasteiger partial charge is 0.423 e. The molecule has 0 amide bonds. The molecule has 0 aliphatic carbocycles. The average Bonchev–Trinajstić information content (AvgIpc) is 2.61. The van der Waals surface area contributed by atoms with Gasteiger partial charge in [-0.2, -0.15) is 4.31 Å². The molecule has 25 heavy (non-hydrogen) atoms. The highest BCUT2D eigenvalue weighted by Gasteiger charge is 2.21. The van der Waals surface area contributed by atoms with Crippen molar-refractivity contribution in [3.05, 3.63) is 76.1 Å². The number of benzene rings is 2. The first-order valence-corrected chi connectivity index (χ1v) is 9.42. The Morgan fingerprint density at radius 3 is 2.32 bits per heavy atom. The Balaban J connectivity index is 1.88. The van der Waals surface area contributed by atoms with Crippen molar-refractivity contribution >= 4 is 21.0 Å². The second-order valence-electron chi connectivity index (χ2n) is 5.89. The van der Waals surface area contributed by atoms with Crippen LogP contribution in [0.4, 0.5) is 0 Å². The summed E-state index contributed by atoms with van der Waals surface area (Å²) >= 11 is 0. The third-order valence-electron chi connectivity index (χ3n) is 4.14. The molecule has 0 aliphatic rings. The second kappa shape index (κ2) is 6.82. The molecule has 0 N–H and O–H groups in total. The number of sulfonamides is 1. The summed E-state index contributed by atoms with van der Waals surface area (Å²) in [5.41, 5.74) is 2.04. The fraction of sp³-hybridized carbons (Fsp3) is 0.211. The van der Waals surface area contributed by atoms with E-state index in [1.165, 1.54) is 34.1 Å². The van der Waals surface area contributed by atoms with E-state index in [-0.39, 0.29) is 11.4 Å². The molecule has 6 heteroatoms. The molecule has 0 saturated carbocycles. The predicted octanol–water partition coefficient (Wildman–Crippen LogP) is 3.18. The number of rotatable bonds is 5. The minimum atomic E-state index is -3.64. The van der Waals surface area contributed by atoms with Crippen LogP contribution < -0.4 is 5.63 Å². The van der Waals surface area contributed by atoms with Gasteiger partial charge in [0.25, 0.3) is 0 Å². The van der Waals surface area contributed by atoms with E-state index in [4.69, 9.17) is 4.42 Å². The van der Waals surface area contributed by atoms with Gasteiger partial charge in [0, 0.05) is 25.0 Å². The topological polar surface area (TPSA) is 67.6 Å². The van der Waals surface area contributed by atoms with E-state index in [0.717, 1.165) is 12.0 Å². The monoisotopic (exact) mass is 357 g/mol. The summed E-state index contributed by atoms with van der Waals surface area (Å²) in [6.45, 7) is 2.36. The fourth-order valence-electron chi connectivity index (χ4n) is 2.61. The maximum Gasteiger partial charge on any atom is 0.336 e. The van der Waals surface area contributed by atoms with Crippen LogP contribution in [0, 0.1) is 0 Å². The van der Waals surface area contributed by atoms with Gasteiger partial charge in [-0.1, -0.05) is 31.2 Å². The molecule has 0 fully saturated rings. The highest BCUT2D eigenvalue weighted by molar-refractivity contribution is 7.89. The first kappa shape index (κ1) is 17.4. The Morgan fingerprint density at radius 2 is 1.64 bits per heavy atom. The number of aryl methyl sites for hydroxylation is 1.